The molecule has 0 saturated carbocycles. The van der Waals surface area contributed by atoms with E-state index in [1.807, 2.05) is 12.1 Å². The molecule has 1 fully saturated rings. The van der Waals surface area contributed by atoms with Crippen LogP contribution in [0.1, 0.15) is 46.0 Å². The van der Waals surface area contributed by atoms with Gasteiger partial charge >= 0.3 is 6.03 Å². The van der Waals surface area contributed by atoms with Gasteiger partial charge in [0.05, 0.1) is 7.11 Å². The number of anilines is 1. The highest BCUT2D eigenvalue weighted by Gasteiger charge is 2.23. The van der Waals surface area contributed by atoms with Gasteiger partial charge in [-0.3, -0.25) is 0 Å². The minimum atomic E-state index is -0.0381. The second-order valence-corrected chi connectivity index (χ2v) is 7.05. The Bertz CT molecular complexity index is 535. The number of benzene rings is 1. The van der Waals surface area contributed by atoms with Crippen molar-refractivity contribution >= 4 is 11.7 Å². The van der Waals surface area contributed by atoms with Gasteiger partial charge in [0.15, 0.2) is 0 Å². The van der Waals surface area contributed by atoms with Crippen LogP contribution in [0.15, 0.2) is 24.3 Å². The fourth-order valence-corrected chi connectivity index (χ4v) is 3.33. The van der Waals surface area contributed by atoms with E-state index in [-0.39, 0.29) is 12.1 Å². The number of rotatable bonds is 9. The van der Waals surface area contributed by atoms with Gasteiger partial charge in [-0.05, 0) is 37.8 Å². The third-order valence-corrected chi connectivity index (χ3v) is 4.87. The molecule has 2 amide bonds. The molecular weight excluding hydrogens is 314 g/mol. The molecule has 1 heterocycles. The summed E-state index contributed by atoms with van der Waals surface area (Å²) in [7, 11) is 1.69. The molecule has 5 nitrogen and oxygen atoms in total. The molecule has 2 atom stereocenters. The van der Waals surface area contributed by atoms with Gasteiger partial charge in [-0.25, -0.2) is 4.79 Å². The zero-order valence-electron chi connectivity index (χ0n) is 15.9. The smallest absolute Gasteiger partial charge is 0.315 e. The summed E-state index contributed by atoms with van der Waals surface area (Å²) < 4.78 is 5.30. The molecule has 1 aromatic rings. The monoisotopic (exact) mass is 347 g/mol. The first-order valence-electron chi connectivity index (χ1n) is 9.55. The van der Waals surface area contributed by atoms with Crippen LogP contribution in [-0.4, -0.2) is 38.8 Å². The number of carbonyl (C=O) groups excluding carboxylic acids is 1. The van der Waals surface area contributed by atoms with Crippen molar-refractivity contribution in [3.63, 3.8) is 0 Å². The zero-order valence-corrected chi connectivity index (χ0v) is 15.9. The van der Waals surface area contributed by atoms with Crippen molar-refractivity contribution in [2.24, 2.45) is 5.92 Å². The molecule has 1 aliphatic heterocycles. The number of carbonyl (C=O) groups is 1. The van der Waals surface area contributed by atoms with Crippen LogP contribution < -0.4 is 20.3 Å². The Labute approximate surface area is 152 Å². The predicted molar refractivity (Wildman–Crippen MR) is 103 cm³/mol. The van der Waals surface area contributed by atoms with E-state index in [1.165, 1.54) is 24.9 Å². The number of hydrogen-bond acceptors (Lipinski definition) is 3. The molecule has 25 heavy (non-hydrogen) atoms. The van der Waals surface area contributed by atoms with Crippen LogP contribution in [0, 0.1) is 5.92 Å². The molecule has 1 aliphatic rings. The minimum Gasteiger partial charge on any atom is -0.497 e. The first-order chi connectivity index (χ1) is 12.1. The lowest BCUT2D eigenvalue weighted by molar-refractivity contribution is 0.235. The van der Waals surface area contributed by atoms with Crippen LogP contribution in [0.25, 0.3) is 0 Å². The van der Waals surface area contributed by atoms with Crippen molar-refractivity contribution in [2.75, 3.05) is 31.6 Å². The van der Waals surface area contributed by atoms with Crippen LogP contribution in [0.5, 0.6) is 5.75 Å². The highest BCUT2D eigenvalue weighted by molar-refractivity contribution is 5.74. The summed E-state index contributed by atoms with van der Waals surface area (Å²) in [5.41, 5.74) is 1.19. The van der Waals surface area contributed by atoms with Crippen molar-refractivity contribution < 1.29 is 9.53 Å². The number of nitrogens with zero attached hydrogens (tertiary/aromatic N) is 1. The summed E-state index contributed by atoms with van der Waals surface area (Å²) >= 11 is 0. The van der Waals surface area contributed by atoms with E-state index < -0.39 is 0 Å². The zero-order chi connectivity index (χ0) is 18.1. The molecule has 1 aromatic carbocycles. The fraction of sp³-hybridized carbons (Fsp3) is 0.650. The lowest BCUT2D eigenvalue weighted by Crippen LogP contribution is -2.42. The average molecular weight is 348 g/mol. The average Bonchev–Trinajstić information content (AvgIpc) is 3.09. The van der Waals surface area contributed by atoms with Gasteiger partial charge in [0.25, 0.3) is 0 Å². The SMILES string of the molecule is CCCCCC(C)NC(=O)NCC1CCN(c2cccc(OC)c2)C1. The van der Waals surface area contributed by atoms with E-state index >= 15 is 0 Å². The molecule has 140 valence electrons. The summed E-state index contributed by atoms with van der Waals surface area (Å²) in [4.78, 5) is 14.4. The van der Waals surface area contributed by atoms with Gasteiger partial charge in [-0.2, -0.15) is 0 Å². The van der Waals surface area contributed by atoms with Gasteiger partial charge in [0.1, 0.15) is 5.75 Å². The molecule has 2 N–H and O–H groups in total. The number of nitrogens with one attached hydrogen (secondary N) is 2. The number of methoxy groups -OCH3 is 1. The molecule has 0 spiro atoms. The Morgan fingerprint density at radius 1 is 1.40 bits per heavy atom. The Morgan fingerprint density at radius 3 is 3.00 bits per heavy atom. The summed E-state index contributed by atoms with van der Waals surface area (Å²) in [5.74, 6) is 1.38. The molecular formula is C20H33N3O2. The quantitative estimate of drug-likeness (QED) is 0.668. The summed E-state index contributed by atoms with van der Waals surface area (Å²) in [5, 5.41) is 6.08. The molecule has 0 aliphatic carbocycles. The highest BCUT2D eigenvalue weighted by Crippen LogP contribution is 2.26. The van der Waals surface area contributed by atoms with Gasteiger partial charge < -0.3 is 20.3 Å². The molecule has 0 aromatic heterocycles. The summed E-state index contributed by atoms with van der Waals surface area (Å²) in [6, 6.07) is 8.37. The van der Waals surface area contributed by atoms with Crippen molar-refractivity contribution in [2.45, 2.75) is 52.0 Å². The fourth-order valence-electron chi connectivity index (χ4n) is 3.33. The van der Waals surface area contributed by atoms with Crippen LogP contribution in [0.3, 0.4) is 0 Å². The standard InChI is InChI=1S/C20H33N3O2/c1-4-5-6-8-16(2)22-20(24)21-14-17-11-12-23(15-17)18-9-7-10-19(13-18)25-3/h7,9-10,13,16-17H,4-6,8,11-12,14-15H2,1-3H3,(H2,21,22,24). The number of urea groups is 1. The van der Waals surface area contributed by atoms with Crippen molar-refractivity contribution in [3.8, 4) is 5.75 Å². The van der Waals surface area contributed by atoms with Gasteiger partial charge in [-0.15, -0.1) is 0 Å². The van der Waals surface area contributed by atoms with Crippen LogP contribution in [-0.2, 0) is 0 Å². The Hall–Kier alpha value is -1.91. The number of amides is 2. The van der Waals surface area contributed by atoms with E-state index in [2.05, 4.69) is 41.5 Å². The topological polar surface area (TPSA) is 53.6 Å². The van der Waals surface area contributed by atoms with E-state index in [9.17, 15) is 4.79 Å². The first-order valence-corrected chi connectivity index (χ1v) is 9.55. The molecule has 2 unspecified atom stereocenters. The molecule has 2 rings (SSSR count). The third kappa shape index (κ3) is 6.48. The van der Waals surface area contributed by atoms with E-state index in [4.69, 9.17) is 4.74 Å². The van der Waals surface area contributed by atoms with Gasteiger partial charge in [0.2, 0.25) is 0 Å². The van der Waals surface area contributed by atoms with Crippen LogP contribution >= 0.6 is 0 Å². The molecule has 5 heteroatoms. The molecule has 1 saturated heterocycles. The van der Waals surface area contributed by atoms with Crippen LogP contribution in [0.4, 0.5) is 10.5 Å². The van der Waals surface area contributed by atoms with E-state index in [1.54, 1.807) is 7.11 Å². The first kappa shape index (κ1) is 19.4. The lowest BCUT2D eigenvalue weighted by atomic mass is 10.1. The number of ether oxygens (including phenoxy) is 1. The number of hydrogen-bond donors (Lipinski definition) is 2. The summed E-state index contributed by atoms with van der Waals surface area (Å²) in [6.45, 7) is 7.00. The maximum absolute atomic E-state index is 12.0. The van der Waals surface area contributed by atoms with Crippen molar-refractivity contribution in [1.29, 1.82) is 0 Å². The van der Waals surface area contributed by atoms with E-state index in [0.29, 0.717) is 5.92 Å². The summed E-state index contributed by atoms with van der Waals surface area (Å²) in [6.07, 6.45) is 5.77. The Kier molecular flexibility index (Phi) is 7.89. The van der Waals surface area contributed by atoms with Crippen LogP contribution in [0.2, 0.25) is 0 Å². The minimum absolute atomic E-state index is 0.0381. The Morgan fingerprint density at radius 2 is 2.24 bits per heavy atom. The van der Waals surface area contributed by atoms with Crippen molar-refractivity contribution in [3.05, 3.63) is 24.3 Å². The van der Waals surface area contributed by atoms with Gasteiger partial charge in [0, 0.05) is 37.4 Å². The Balaban J connectivity index is 1.69. The normalized spacial score (nSPS) is 18.0. The largest absolute Gasteiger partial charge is 0.497 e. The maximum atomic E-state index is 12.0. The second kappa shape index (κ2) is 10.2. The maximum Gasteiger partial charge on any atom is 0.315 e. The third-order valence-electron chi connectivity index (χ3n) is 4.87. The highest BCUT2D eigenvalue weighted by atomic mass is 16.5. The van der Waals surface area contributed by atoms with Gasteiger partial charge in [-0.1, -0.05) is 32.3 Å². The van der Waals surface area contributed by atoms with Crippen molar-refractivity contribution in [1.82, 2.24) is 10.6 Å². The number of unbranched alkanes of at least 4 members (excludes halogenated alkanes) is 2. The predicted octanol–water partition coefficient (Wildman–Crippen LogP) is 3.79. The lowest BCUT2D eigenvalue weighted by Gasteiger charge is -2.20. The van der Waals surface area contributed by atoms with E-state index in [0.717, 1.165) is 38.2 Å². The molecule has 0 radical (unpaired) electrons. The molecule has 0 bridgehead atoms. The second-order valence-electron chi connectivity index (χ2n) is 7.05.